The highest BCUT2D eigenvalue weighted by molar-refractivity contribution is 5.86. The molecular formula is C15H24N6. The van der Waals surface area contributed by atoms with Gasteiger partial charge < -0.3 is 5.32 Å². The molecule has 0 aliphatic carbocycles. The average Bonchev–Trinajstić information content (AvgIpc) is 3.07. The SMILES string of the molecule is CCNc1nc(CN2CCC(CC)C2)nc2c1cnn2C. The summed E-state index contributed by atoms with van der Waals surface area (Å²) in [5, 5.41) is 8.62. The molecule has 3 heterocycles. The van der Waals surface area contributed by atoms with Crippen LogP contribution in [0.25, 0.3) is 11.0 Å². The highest BCUT2D eigenvalue weighted by Crippen LogP contribution is 2.23. The standard InChI is InChI=1S/C15H24N6/c1-4-11-6-7-21(9-11)10-13-18-14(16-5-2)12-8-17-20(3)15(12)19-13/h8,11H,4-7,9-10H2,1-3H3,(H,16,18,19). The van der Waals surface area contributed by atoms with E-state index >= 15 is 0 Å². The van der Waals surface area contributed by atoms with E-state index < -0.39 is 0 Å². The van der Waals surface area contributed by atoms with Crippen LogP contribution in [0.15, 0.2) is 6.20 Å². The molecule has 114 valence electrons. The lowest BCUT2D eigenvalue weighted by Gasteiger charge is -2.15. The smallest absolute Gasteiger partial charge is 0.163 e. The third kappa shape index (κ3) is 2.85. The molecule has 6 heteroatoms. The van der Waals surface area contributed by atoms with E-state index in [2.05, 4.69) is 29.2 Å². The van der Waals surface area contributed by atoms with Crippen molar-refractivity contribution in [3.8, 4) is 0 Å². The summed E-state index contributed by atoms with van der Waals surface area (Å²) < 4.78 is 1.82. The molecule has 0 radical (unpaired) electrons. The van der Waals surface area contributed by atoms with Crippen molar-refractivity contribution >= 4 is 16.9 Å². The number of nitrogens with zero attached hydrogens (tertiary/aromatic N) is 5. The molecule has 0 saturated carbocycles. The van der Waals surface area contributed by atoms with Gasteiger partial charge in [0.25, 0.3) is 0 Å². The van der Waals surface area contributed by atoms with Crippen LogP contribution in [-0.4, -0.2) is 44.3 Å². The summed E-state index contributed by atoms with van der Waals surface area (Å²) in [5.41, 5.74) is 0.905. The van der Waals surface area contributed by atoms with Gasteiger partial charge >= 0.3 is 0 Å². The van der Waals surface area contributed by atoms with Gasteiger partial charge in [-0.25, -0.2) is 9.97 Å². The molecule has 1 atom stereocenters. The number of aromatic nitrogens is 4. The van der Waals surface area contributed by atoms with E-state index in [1.807, 2.05) is 17.9 Å². The minimum Gasteiger partial charge on any atom is -0.370 e. The highest BCUT2D eigenvalue weighted by atomic mass is 15.3. The Balaban J connectivity index is 1.86. The van der Waals surface area contributed by atoms with Gasteiger partial charge in [0.05, 0.1) is 18.1 Å². The fourth-order valence-corrected chi connectivity index (χ4v) is 3.03. The maximum atomic E-state index is 4.70. The lowest BCUT2D eigenvalue weighted by atomic mass is 10.1. The first-order chi connectivity index (χ1) is 10.2. The normalized spacial score (nSPS) is 19.5. The number of fused-ring (bicyclic) bond motifs is 1. The maximum Gasteiger partial charge on any atom is 0.163 e. The molecule has 0 spiro atoms. The van der Waals surface area contributed by atoms with E-state index in [0.717, 1.165) is 48.2 Å². The molecule has 6 nitrogen and oxygen atoms in total. The van der Waals surface area contributed by atoms with E-state index in [0.29, 0.717) is 0 Å². The monoisotopic (exact) mass is 288 g/mol. The fraction of sp³-hybridized carbons (Fsp3) is 0.667. The van der Waals surface area contributed by atoms with Crippen LogP contribution >= 0.6 is 0 Å². The average molecular weight is 288 g/mol. The second-order valence-corrected chi connectivity index (χ2v) is 5.82. The van der Waals surface area contributed by atoms with Crippen LogP contribution in [0, 0.1) is 5.92 Å². The predicted octanol–water partition coefficient (Wildman–Crippen LogP) is 2.03. The van der Waals surface area contributed by atoms with Crippen molar-refractivity contribution in [2.75, 3.05) is 25.0 Å². The minimum absolute atomic E-state index is 0.829. The third-order valence-electron chi connectivity index (χ3n) is 4.29. The van der Waals surface area contributed by atoms with Gasteiger partial charge in [-0.3, -0.25) is 9.58 Å². The first kappa shape index (κ1) is 14.3. The van der Waals surface area contributed by atoms with Gasteiger partial charge in [0, 0.05) is 20.1 Å². The Morgan fingerprint density at radius 1 is 1.33 bits per heavy atom. The van der Waals surface area contributed by atoms with Crippen LogP contribution in [0.1, 0.15) is 32.5 Å². The molecular weight excluding hydrogens is 264 g/mol. The molecule has 2 aromatic rings. The summed E-state index contributed by atoms with van der Waals surface area (Å²) in [4.78, 5) is 11.9. The molecule has 0 amide bonds. The zero-order chi connectivity index (χ0) is 14.8. The molecule has 1 saturated heterocycles. The Morgan fingerprint density at radius 3 is 2.90 bits per heavy atom. The number of anilines is 1. The molecule has 1 unspecified atom stereocenters. The van der Waals surface area contributed by atoms with Gasteiger partial charge in [-0.15, -0.1) is 0 Å². The van der Waals surface area contributed by atoms with Crippen molar-refractivity contribution in [3.05, 3.63) is 12.0 Å². The van der Waals surface area contributed by atoms with Crippen molar-refractivity contribution in [2.45, 2.75) is 33.2 Å². The van der Waals surface area contributed by atoms with Crippen LogP contribution in [0.3, 0.4) is 0 Å². The van der Waals surface area contributed by atoms with E-state index in [1.165, 1.54) is 19.4 Å². The second kappa shape index (κ2) is 5.97. The summed E-state index contributed by atoms with van der Waals surface area (Å²) in [5.74, 6) is 2.62. The Hall–Kier alpha value is -1.69. The van der Waals surface area contributed by atoms with Crippen LogP contribution < -0.4 is 5.32 Å². The van der Waals surface area contributed by atoms with E-state index in [9.17, 15) is 0 Å². The summed E-state index contributed by atoms with van der Waals surface area (Å²) in [6.45, 7) is 8.35. The Bertz CT molecular complexity index is 620. The van der Waals surface area contributed by atoms with Gasteiger partial charge in [-0.1, -0.05) is 13.3 Å². The van der Waals surface area contributed by atoms with Gasteiger partial charge in [0.15, 0.2) is 5.65 Å². The molecule has 1 fully saturated rings. The number of hydrogen-bond donors (Lipinski definition) is 1. The molecule has 21 heavy (non-hydrogen) atoms. The second-order valence-electron chi connectivity index (χ2n) is 5.82. The number of rotatable bonds is 5. The van der Waals surface area contributed by atoms with Crippen LogP contribution in [0.4, 0.5) is 5.82 Å². The summed E-state index contributed by atoms with van der Waals surface area (Å²) in [6, 6.07) is 0. The van der Waals surface area contributed by atoms with E-state index in [-0.39, 0.29) is 0 Å². The summed E-state index contributed by atoms with van der Waals surface area (Å²) in [7, 11) is 1.93. The summed E-state index contributed by atoms with van der Waals surface area (Å²) >= 11 is 0. The molecule has 0 aromatic carbocycles. The lowest BCUT2D eigenvalue weighted by molar-refractivity contribution is 0.307. The Kier molecular flexibility index (Phi) is 4.05. The van der Waals surface area contributed by atoms with Crippen molar-refractivity contribution < 1.29 is 0 Å². The molecule has 3 rings (SSSR count). The number of nitrogens with one attached hydrogen (secondary N) is 1. The lowest BCUT2D eigenvalue weighted by Crippen LogP contribution is -2.22. The third-order valence-corrected chi connectivity index (χ3v) is 4.29. The van der Waals surface area contributed by atoms with Crippen molar-refractivity contribution in [1.29, 1.82) is 0 Å². The van der Waals surface area contributed by atoms with Crippen LogP contribution in [-0.2, 0) is 13.6 Å². The molecule has 1 N–H and O–H groups in total. The molecule has 1 aliphatic rings. The number of likely N-dealkylation sites (tertiary alicyclic amines) is 1. The first-order valence-electron chi connectivity index (χ1n) is 7.86. The highest BCUT2D eigenvalue weighted by Gasteiger charge is 2.22. The largest absolute Gasteiger partial charge is 0.370 e. The van der Waals surface area contributed by atoms with E-state index in [4.69, 9.17) is 9.97 Å². The molecule has 0 bridgehead atoms. The zero-order valence-electron chi connectivity index (χ0n) is 13.1. The van der Waals surface area contributed by atoms with Crippen molar-refractivity contribution in [3.63, 3.8) is 0 Å². The molecule has 2 aromatic heterocycles. The molecule has 1 aliphatic heterocycles. The predicted molar refractivity (Wildman–Crippen MR) is 84.1 cm³/mol. The minimum atomic E-state index is 0.829. The van der Waals surface area contributed by atoms with Gasteiger partial charge in [0.2, 0.25) is 0 Å². The first-order valence-corrected chi connectivity index (χ1v) is 7.86. The number of hydrogen-bond acceptors (Lipinski definition) is 5. The topological polar surface area (TPSA) is 58.9 Å². The summed E-state index contributed by atoms with van der Waals surface area (Å²) in [6.07, 6.45) is 4.39. The zero-order valence-corrected chi connectivity index (χ0v) is 13.1. The van der Waals surface area contributed by atoms with Gasteiger partial charge in [-0.2, -0.15) is 5.10 Å². The van der Waals surface area contributed by atoms with Crippen molar-refractivity contribution in [2.24, 2.45) is 13.0 Å². The Labute approximate surface area is 125 Å². The Morgan fingerprint density at radius 2 is 2.19 bits per heavy atom. The van der Waals surface area contributed by atoms with Crippen molar-refractivity contribution in [1.82, 2.24) is 24.6 Å². The fourth-order valence-electron chi connectivity index (χ4n) is 3.03. The quantitative estimate of drug-likeness (QED) is 0.912. The van der Waals surface area contributed by atoms with E-state index in [1.54, 1.807) is 0 Å². The van der Waals surface area contributed by atoms with Gasteiger partial charge in [-0.05, 0) is 25.8 Å². The van der Waals surface area contributed by atoms with Gasteiger partial charge in [0.1, 0.15) is 11.6 Å². The van der Waals surface area contributed by atoms with Crippen LogP contribution in [0.2, 0.25) is 0 Å². The maximum absolute atomic E-state index is 4.70. The number of aryl methyl sites for hydroxylation is 1. The van der Waals surface area contributed by atoms with Crippen LogP contribution in [0.5, 0.6) is 0 Å².